The first-order valence-electron chi connectivity index (χ1n) is 8.24. The van der Waals surface area contributed by atoms with Gasteiger partial charge in [-0.15, -0.1) is 24.0 Å². The predicted molar refractivity (Wildman–Crippen MR) is 107 cm³/mol. The molecular weight excluding hydrogens is 460 g/mol. The van der Waals surface area contributed by atoms with Gasteiger partial charge in [0.1, 0.15) is 11.8 Å². The molecule has 0 amide bonds. The highest BCUT2D eigenvalue weighted by Gasteiger charge is 2.41. The second-order valence-corrected chi connectivity index (χ2v) is 5.99. The molecule has 0 aromatic heterocycles. The summed E-state index contributed by atoms with van der Waals surface area (Å²) in [5.41, 5.74) is 1.05. The Hall–Kier alpha value is -1.23. The summed E-state index contributed by atoms with van der Waals surface area (Å²) in [5, 5.41) is 3.26. The third-order valence-electron chi connectivity index (χ3n) is 4.43. The highest BCUT2D eigenvalue weighted by Crippen LogP contribution is 2.25. The summed E-state index contributed by atoms with van der Waals surface area (Å²) in [6.07, 6.45) is -4.19. The van der Waals surface area contributed by atoms with Gasteiger partial charge in [0.05, 0.1) is 7.11 Å². The number of nitrogens with zero attached hydrogens (tertiary/aromatic N) is 3. The molecule has 1 unspecified atom stereocenters. The van der Waals surface area contributed by atoms with Crippen molar-refractivity contribution in [3.8, 4) is 5.75 Å². The maximum Gasteiger partial charge on any atom is 0.403 e. The Kier molecular flexibility index (Phi) is 8.94. The van der Waals surface area contributed by atoms with Crippen LogP contribution >= 0.6 is 24.0 Å². The molecule has 2 rings (SSSR count). The summed E-state index contributed by atoms with van der Waals surface area (Å²) in [7, 11) is 3.30. The average Bonchev–Trinajstić information content (AvgIpc) is 2.61. The molecule has 5 nitrogen and oxygen atoms in total. The van der Waals surface area contributed by atoms with Crippen LogP contribution in [0.3, 0.4) is 0 Å². The summed E-state index contributed by atoms with van der Waals surface area (Å²) in [5.74, 6) is 1.48. The van der Waals surface area contributed by atoms with E-state index in [-0.39, 0.29) is 24.0 Å². The minimum Gasteiger partial charge on any atom is -0.497 e. The van der Waals surface area contributed by atoms with Crippen LogP contribution in [0.1, 0.15) is 12.5 Å². The predicted octanol–water partition coefficient (Wildman–Crippen LogP) is 2.96. The summed E-state index contributed by atoms with van der Waals surface area (Å²) in [4.78, 5) is 7.70. The topological polar surface area (TPSA) is 40.1 Å². The molecule has 26 heavy (non-hydrogen) atoms. The van der Waals surface area contributed by atoms with Crippen LogP contribution in [-0.4, -0.2) is 68.3 Å². The molecule has 1 heterocycles. The van der Waals surface area contributed by atoms with Gasteiger partial charge in [-0.3, -0.25) is 9.89 Å². The lowest BCUT2D eigenvalue weighted by Gasteiger charge is -2.39. The zero-order valence-corrected chi connectivity index (χ0v) is 17.5. The molecule has 0 aliphatic carbocycles. The Bertz CT molecular complexity index is 590. The smallest absolute Gasteiger partial charge is 0.403 e. The number of ether oxygens (including phenoxy) is 1. The fourth-order valence-corrected chi connectivity index (χ4v) is 2.82. The van der Waals surface area contributed by atoms with E-state index in [1.165, 1.54) is 11.8 Å². The summed E-state index contributed by atoms with van der Waals surface area (Å²) in [6.45, 7) is 3.53. The van der Waals surface area contributed by atoms with Gasteiger partial charge < -0.3 is 15.0 Å². The van der Waals surface area contributed by atoms with Crippen LogP contribution in [0, 0.1) is 0 Å². The van der Waals surface area contributed by atoms with E-state index >= 15 is 0 Å². The third kappa shape index (κ3) is 6.19. The van der Waals surface area contributed by atoms with E-state index in [2.05, 4.69) is 10.3 Å². The summed E-state index contributed by atoms with van der Waals surface area (Å²) >= 11 is 0. The zero-order valence-electron chi connectivity index (χ0n) is 15.2. The van der Waals surface area contributed by atoms with Gasteiger partial charge in [-0.1, -0.05) is 12.1 Å². The van der Waals surface area contributed by atoms with Crippen LogP contribution < -0.4 is 10.1 Å². The number of nitrogens with one attached hydrogen (secondary N) is 1. The summed E-state index contributed by atoms with van der Waals surface area (Å²) in [6, 6.07) is 6.28. The van der Waals surface area contributed by atoms with Crippen molar-refractivity contribution in [2.45, 2.75) is 25.7 Å². The zero-order chi connectivity index (χ0) is 18.4. The normalized spacial score (nSPS) is 17.5. The molecule has 1 aromatic rings. The van der Waals surface area contributed by atoms with Gasteiger partial charge in [0.25, 0.3) is 0 Å². The van der Waals surface area contributed by atoms with Crippen molar-refractivity contribution in [3.05, 3.63) is 29.8 Å². The lowest BCUT2D eigenvalue weighted by atomic mass is 10.2. The number of hydrogen-bond acceptors (Lipinski definition) is 3. The molecule has 1 atom stereocenters. The third-order valence-corrected chi connectivity index (χ3v) is 4.43. The first-order valence-corrected chi connectivity index (χ1v) is 8.24. The quantitative estimate of drug-likeness (QED) is 0.404. The van der Waals surface area contributed by atoms with Crippen LogP contribution in [-0.2, 0) is 6.54 Å². The molecule has 1 aromatic carbocycles. The SMILES string of the molecule is CN=C(NCc1cccc(OC)c1)N1CCN(C(C)C(F)(F)F)CC1.I. The van der Waals surface area contributed by atoms with Crippen LogP contribution in [0.25, 0.3) is 0 Å². The number of benzene rings is 1. The molecule has 1 fully saturated rings. The molecule has 0 bridgehead atoms. The van der Waals surface area contributed by atoms with Crippen LogP contribution in [0.15, 0.2) is 29.3 Å². The number of guanidine groups is 1. The number of hydrogen-bond donors (Lipinski definition) is 1. The highest BCUT2D eigenvalue weighted by molar-refractivity contribution is 14.0. The van der Waals surface area contributed by atoms with Crippen molar-refractivity contribution >= 4 is 29.9 Å². The van der Waals surface area contributed by atoms with E-state index in [1.807, 2.05) is 29.2 Å². The van der Waals surface area contributed by atoms with Crippen molar-refractivity contribution in [2.24, 2.45) is 4.99 Å². The number of halogens is 4. The molecule has 148 valence electrons. The van der Waals surface area contributed by atoms with Gasteiger partial charge in [0, 0.05) is 39.8 Å². The lowest BCUT2D eigenvalue weighted by molar-refractivity contribution is -0.181. The van der Waals surface area contributed by atoms with E-state index in [9.17, 15) is 13.2 Å². The van der Waals surface area contributed by atoms with Gasteiger partial charge >= 0.3 is 6.18 Å². The minimum absolute atomic E-state index is 0. The highest BCUT2D eigenvalue weighted by atomic mass is 127. The first-order chi connectivity index (χ1) is 11.8. The minimum atomic E-state index is -4.19. The van der Waals surface area contributed by atoms with Crippen molar-refractivity contribution < 1.29 is 17.9 Å². The molecular formula is C17H26F3IN4O. The van der Waals surface area contributed by atoms with E-state index in [1.54, 1.807) is 14.2 Å². The fourth-order valence-electron chi connectivity index (χ4n) is 2.82. The number of piperazine rings is 1. The number of alkyl halides is 3. The average molecular weight is 486 g/mol. The monoisotopic (exact) mass is 486 g/mol. The molecule has 9 heteroatoms. The Morgan fingerprint density at radius 3 is 2.46 bits per heavy atom. The summed E-state index contributed by atoms with van der Waals surface area (Å²) < 4.78 is 43.7. The van der Waals surface area contributed by atoms with Crippen molar-refractivity contribution in [2.75, 3.05) is 40.3 Å². The van der Waals surface area contributed by atoms with Gasteiger partial charge in [-0.05, 0) is 24.6 Å². The first kappa shape index (κ1) is 22.8. The van der Waals surface area contributed by atoms with Crippen LogP contribution in [0.4, 0.5) is 13.2 Å². The van der Waals surface area contributed by atoms with Gasteiger partial charge in [0.2, 0.25) is 0 Å². The molecule has 0 spiro atoms. The second kappa shape index (κ2) is 10.2. The van der Waals surface area contributed by atoms with Crippen LogP contribution in [0.5, 0.6) is 5.75 Å². The maximum atomic E-state index is 12.8. The van der Waals surface area contributed by atoms with E-state index in [0.717, 1.165) is 11.3 Å². The second-order valence-electron chi connectivity index (χ2n) is 5.99. The lowest BCUT2D eigenvalue weighted by Crippen LogP contribution is -2.56. The Morgan fingerprint density at radius 1 is 1.27 bits per heavy atom. The van der Waals surface area contributed by atoms with E-state index < -0.39 is 12.2 Å². The van der Waals surface area contributed by atoms with Gasteiger partial charge in [-0.25, -0.2) is 0 Å². The van der Waals surface area contributed by atoms with Crippen molar-refractivity contribution in [1.29, 1.82) is 0 Å². The maximum absolute atomic E-state index is 12.8. The molecule has 1 aliphatic heterocycles. The molecule has 0 saturated carbocycles. The number of methoxy groups -OCH3 is 1. The largest absolute Gasteiger partial charge is 0.497 e. The standard InChI is InChI=1S/C17H25F3N4O.HI/c1-13(17(18,19)20)23-7-9-24(10-8-23)16(21-2)22-12-14-5-4-6-15(11-14)25-3;/h4-6,11,13H,7-10,12H2,1-3H3,(H,21,22);1H. The Labute approximate surface area is 169 Å². The Balaban J connectivity index is 0.00000338. The van der Waals surface area contributed by atoms with E-state index in [0.29, 0.717) is 38.7 Å². The number of aliphatic imine (C=N–C) groups is 1. The molecule has 1 N–H and O–H groups in total. The number of rotatable bonds is 4. The fraction of sp³-hybridized carbons (Fsp3) is 0.588. The molecule has 1 saturated heterocycles. The van der Waals surface area contributed by atoms with Crippen molar-refractivity contribution in [1.82, 2.24) is 15.1 Å². The van der Waals surface area contributed by atoms with Crippen LogP contribution in [0.2, 0.25) is 0 Å². The molecule has 1 aliphatic rings. The Morgan fingerprint density at radius 2 is 1.92 bits per heavy atom. The van der Waals surface area contributed by atoms with Gasteiger partial charge in [0.15, 0.2) is 5.96 Å². The van der Waals surface area contributed by atoms with E-state index in [4.69, 9.17) is 4.74 Å². The molecule has 0 radical (unpaired) electrons. The van der Waals surface area contributed by atoms with Gasteiger partial charge in [-0.2, -0.15) is 13.2 Å². The van der Waals surface area contributed by atoms with Crippen molar-refractivity contribution in [3.63, 3.8) is 0 Å².